The molecule has 6 nitrogen and oxygen atoms in total. The van der Waals surface area contributed by atoms with Gasteiger partial charge < -0.3 is 15.1 Å². The molecule has 0 radical (unpaired) electrons. The number of anilines is 1. The molecular formula is C17H20BrN5O. The number of likely N-dealkylation sites (tertiary alicyclic amines) is 2. The molecule has 0 aliphatic carbocycles. The molecule has 0 unspecified atom stereocenters. The van der Waals surface area contributed by atoms with E-state index in [4.69, 9.17) is 0 Å². The lowest BCUT2D eigenvalue weighted by Gasteiger charge is -2.20. The van der Waals surface area contributed by atoms with Gasteiger partial charge in [0, 0.05) is 23.6 Å². The third-order valence-electron chi connectivity index (χ3n) is 5.05. The maximum absolute atomic E-state index is 12.5. The number of aromatic nitrogens is 2. The molecule has 1 aromatic carbocycles. The van der Waals surface area contributed by atoms with Gasteiger partial charge in [-0.3, -0.25) is 0 Å². The Bertz CT molecular complexity index is 761. The zero-order valence-corrected chi connectivity index (χ0v) is 15.1. The van der Waals surface area contributed by atoms with Gasteiger partial charge in [-0.05, 0) is 54.0 Å². The summed E-state index contributed by atoms with van der Waals surface area (Å²) in [5, 5.41) is 7.31. The summed E-state index contributed by atoms with van der Waals surface area (Å²) in [4.78, 5) is 16.8. The summed E-state index contributed by atoms with van der Waals surface area (Å²) in [6.45, 7) is 2.80. The summed E-state index contributed by atoms with van der Waals surface area (Å²) in [5.41, 5.74) is 1.65. The van der Waals surface area contributed by atoms with E-state index < -0.39 is 0 Å². The topological polar surface area (TPSA) is 53.4 Å². The first-order chi connectivity index (χ1) is 11.6. The maximum Gasteiger partial charge on any atom is 0.321 e. The van der Waals surface area contributed by atoms with E-state index >= 15 is 0 Å². The highest BCUT2D eigenvalue weighted by atomic mass is 79.9. The molecule has 0 saturated carbocycles. The van der Waals surface area contributed by atoms with E-state index in [9.17, 15) is 4.79 Å². The molecule has 24 heavy (non-hydrogen) atoms. The number of amides is 2. The van der Waals surface area contributed by atoms with Crippen molar-refractivity contribution in [3.63, 3.8) is 0 Å². The van der Waals surface area contributed by atoms with E-state index in [1.54, 1.807) is 10.9 Å². The molecule has 1 aromatic heterocycles. The summed E-state index contributed by atoms with van der Waals surface area (Å²) in [5.74, 6) is 0.615. The molecule has 2 aliphatic heterocycles. The summed E-state index contributed by atoms with van der Waals surface area (Å²) in [6.07, 6.45) is 4.70. The van der Waals surface area contributed by atoms with E-state index in [1.165, 1.54) is 6.42 Å². The number of carbonyl (C=O) groups excluding carboxylic acids is 1. The average Bonchev–Trinajstić information content (AvgIpc) is 3.26. The Kier molecular flexibility index (Phi) is 4.05. The van der Waals surface area contributed by atoms with Crippen LogP contribution in [0, 0.1) is 5.92 Å². The van der Waals surface area contributed by atoms with E-state index in [2.05, 4.69) is 38.3 Å². The van der Waals surface area contributed by atoms with Crippen LogP contribution in [0.4, 0.5) is 10.5 Å². The lowest BCUT2D eigenvalue weighted by Crippen LogP contribution is -2.37. The Morgan fingerprint density at radius 2 is 2.17 bits per heavy atom. The van der Waals surface area contributed by atoms with Gasteiger partial charge in [0.05, 0.1) is 23.8 Å². The molecule has 0 spiro atoms. The number of fused-ring (bicyclic) bond motifs is 1. The summed E-state index contributed by atoms with van der Waals surface area (Å²) < 4.78 is 2.72. The van der Waals surface area contributed by atoms with E-state index in [0.29, 0.717) is 17.6 Å². The number of para-hydroxylation sites is 1. The van der Waals surface area contributed by atoms with E-state index in [1.807, 2.05) is 35.4 Å². The first-order valence-corrected chi connectivity index (χ1v) is 8.97. The van der Waals surface area contributed by atoms with Gasteiger partial charge in [0.15, 0.2) is 0 Å². The number of benzene rings is 1. The molecule has 1 N–H and O–H groups in total. The van der Waals surface area contributed by atoms with E-state index in [0.717, 1.165) is 29.8 Å². The Morgan fingerprint density at radius 1 is 1.33 bits per heavy atom. The smallest absolute Gasteiger partial charge is 0.321 e. The number of hydrogen-bond acceptors (Lipinski definition) is 3. The molecule has 2 atom stereocenters. The highest BCUT2D eigenvalue weighted by Crippen LogP contribution is 2.30. The Morgan fingerprint density at radius 3 is 2.96 bits per heavy atom. The second-order valence-corrected chi connectivity index (χ2v) is 7.41. The summed E-state index contributed by atoms with van der Waals surface area (Å²) >= 11 is 3.52. The van der Waals surface area contributed by atoms with Crippen molar-refractivity contribution in [3.8, 4) is 5.69 Å². The van der Waals surface area contributed by atoms with Crippen molar-refractivity contribution in [2.45, 2.75) is 12.5 Å². The number of hydrogen-bond donors (Lipinski definition) is 1. The second-order valence-electron chi connectivity index (χ2n) is 6.56. The van der Waals surface area contributed by atoms with Crippen molar-refractivity contribution < 1.29 is 4.79 Å². The minimum atomic E-state index is -0.0375. The lowest BCUT2D eigenvalue weighted by atomic mass is 10.1. The number of rotatable bonds is 2. The van der Waals surface area contributed by atoms with Crippen LogP contribution in [0.5, 0.6) is 0 Å². The number of nitrogens with zero attached hydrogens (tertiary/aromatic N) is 4. The Hall–Kier alpha value is -1.86. The lowest BCUT2D eigenvalue weighted by molar-refractivity contribution is 0.213. The molecule has 4 rings (SSSR count). The molecule has 126 valence electrons. The van der Waals surface area contributed by atoms with Gasteiger partial charge in [0.1, 0.15) is 0 Å². The molecule has 2 saturated heterocycles. The fourth-order valence-corrected chi connectivity index (χ4v) is 4.16. The molecule has 2 aliphatic rings. The monoisotopic (exact) mass is 389 g/mol. The van der Waals surface area contributed by atoms with Crippen LogP contribution in [0.3, 0.4) is 0 Å². The minimum absolute atomic E-state index is 0.0375. The van der Waals surface area contributed by atoms with Crippen molar-refractivity contribution in [2.75, 3.05) is 32.0 Å². The van der Waals surface area contributed by atoms with Gasteiger partial charge in [-0.2, -0.15) is 5.10 Å². The van der Waals surface area contributed by atoms with Crippen molar-refractivity contribution in [2.24, 2.45) is 5.92 Å². The number of nitrogens with one attached hydrogen (secondary N) is 1. The number of urea groups is 1. The van der Waals surface area contributed by atoms with Gasteiger partial charge in [-0.1, -0.05) is 12.1 Å². The zero-order valence-electron chi connectivity index (χ0n) is 13.5. The third-order valence-corrected chi connectivity index (χ3v) is 5.72. The molecule has 2 amide bonds. The van der Waals surface area contributed by atoms with Crippen LogP contribution in [0.1, 0.15) is 6.42 Å². The Labute approximate surface area is 149 Å². The van der Waals surface area contributed by atoms with Crippen molar-refractivity contribution in [1.29, 1.82) is 0 Å². The highest BCUT2D eigenvalue weighted by molar-refractivity contribution is 9.10. The van der Waals surface area contributed by atoms with Gasteiger partial charge in [0.2, 0.25) is 0 Å². The van der Waals surface area contributed by atoms with Crippen LogP contribution in [0.15, 0.2) is 41.1 Å². The van der Waals surface area contributed by atoms with E-state index in [-0.39, 0.29) is 6.03 Å². The molecule has 3 heterocycles. The quantitative estimate of drug-likeness (QED) is 0.858. The normalized spacial score (nSPS) is 23.5. The predicted molar refractivity (Wildman–Crippen MR) is 96.4 cm³/mol. The summed E-state index contributed by atoms with van der Waals surface area (Å²) in [6, 6.07) is 8.33. The average molecular weight is 390 g/mol. The zero-order chi connectivity index (χ0) is 16.7. The summed E-state index contributed by atoms with van der Waals surface area (Å²) in [7, 11) is 2.15. The van der Waals surface area contributed by atoms with Crippen LogP contribution >= 0.6 is 15.9 Å². The van der Waals surface area contributed by atoms with Crippen LogP contribution in [-0.4, -0.2) is 58.3 Å². The Balaban J connectivity index is 1.43. The first-order valence-electron chi connectivity index (χ1n) is 8.17. The molecule has 0 bridgehead atoms. The van der Waals surface area contributed by atoms with Crippen molar-refractivity contribution in [1.82, 2.24) is 19.6 Å². The first kappa shape index (κ1) is 15.7. The molecule has 2 fully saturated rings. The van der Waals surface area contributed by atoms with Crippen LogP contribution in [-0.2, 0) is 0 Å². The maximum atomic E-state index is 12.5. The fraction of sp³-hybridized carbons (Fsp3) is 0.412. The minimum Gasteiger partial charge on any atom is -0.323 e. The van der Waals surface area contributed by atoms with Crippen LogP contribution in [0.25, 0.3) is 5.69 Å². The number of likely N-dealkylation sites (N-methyl/N-ethyl adjacent to an activating group) is 1. The number of carbonyl (C=O) groups is 1. The number of halogens is 1. The van der Waals surface area contributed by atoms with Crippen LogP contribution in [0.2, 0.25) is 0 Å². The predicted octanol–water partition coefficient (Wildman–Crippen LogP) is 2.80. The van der Waals surface area contributed by atoms with Gasteiger partial charge >= 0.3 is 6.03 Å². The van der Waals surface area contributed by atoms with Crippen LogP contribution < -0.4 is 5.32 Å². The fourth-order valence-electron chi connectivity index (χ4n) is 3.70. The van der Waals surface area contributed by atoms with Gasteiger partial charge in [0.25, 0.3) is 0 Å². The van der Waals surface area contributed by atoms with Gasteiger partial charge in [-0.25, -0.2) is 9.48 Å². The van der Waals surface area contributed by atoms with Crippen molar-refractivity contribution >= 4 is 27.6 Å². The highest BCUT2D eigenvalue weighted by Gasteiger charge is 2.41. The molecular weight excluding hydrogens is 370 g/mol. The second kappa shape index (κ2) is 6.22. The molecule has 7 heteroatoms. The molecule has 2 aromatic rings. The standard InChI is InChI=1S/C17H20BrN5O/c1-21-7-6-12-9-22(11-16(12)21)17(24)20-13-8-19-23(10-13)15-5-3-2-4-14(15)18/h2-5,8,10,12,16H,6-7,9,11H2,1H3,(H,20,24)/t12-,16+/m1/s1. The van der Waals surface area contributed by atoms with Gasteiger partial charge in [-0.15, -0.1) is 0 Å². The largest absolute Gasteiger partial charge is 0.323 e. The van der Waals surface area contributed by atoms with Crippen molar-refractivity contribution in [3.05, 3.63) is 41.1 Å². The third kappa shape index (κ3) is 2.82. The SMILES string of the molecule is CN1CC[C@@H]2CN(C(=O)Nc3cnn(-c4ccccc4Br)c3)C[C@@H]21.